The van der Waals surface area contributed by atoms with Crippen molar-refractivity contribution in [1.29, 1.82) is 0 Å². The van der Waals surface area contributed by atoms with E-state index < -0.39 is 16.2 Å². The minimum atomic E-state index is -3.48. The van der Waals surface area contributed by atoms with E-state index in [9.17, 15) is 13.2 Å². The molecular formula is C11H14N2O4S2. The summed E-state index contributed by atoms with van der Waals surface area (Å²) in [6.45, 7) is 0.152. The van der Waals surface area contributed by atoms with E-state index in [1.165, 1.54) is 17.4 Å². The molecule has 8 heteroatoms. The van der Waals surface area contributed by atoms with Crippen LogP contribution in [0.15, 0.2) is 17.5 Å². The number of carbonyl (C=O) groups is 1. The Bertz CT molecular complexity index is 588. The fourth-order valence-electron chi connectivity index (χ4n) is 1.43. The van der Waals surface area contributed by atoms with Crippen LogP contribution >= 0.6 is 11.3 Å². The Kier molecular flexibility index (Phi) is 4.35. The van der Waals surface area contributed by atoms with Crippen LogP contribution in [0.1, 0.15) is 23.3 Å². The number of hydrogen-bond donors (Lipinski definition) is 3. The third-order valence-corrected chi connectivity index (χ3v) is 4.61. The molecule has 0 spiro atoms. The summed E-state index contributed by atoms with van der Waals surface area (Å²) >= 11 is 1.38. The zero-order chi connectivity index (χ0) is 13.9. The van der Waals surface area contributed by atoms with Crippen molar-refractivity contribution >= 4 is 33.6 Å². The van der Waals surface area contributed by atoms with E-state index in [0.29, 0.717) is 5.56 Å². The van der Waals surface area contributed by atoms with Gasteiger partial charge in [0, 0.05) is 23.5 Å². The summed E-state index contributed by atoms with van der Waals surface area (Å²) in [6, 6.07) is 1.81. The summed E-state index contributed by atoms with van der Waals surface area (Å²) in [5.41, 5.74) is 0.710. The van der Waals surface area contributed by atoms with Crippen LogP contribution in [0.25, 0.3) is 6.08 Å². The maximum Gasteiger partial charge on any atom is 0.328 e. The molecule has 1 aliphatic rings. The van der Waals surface area contributed by atoms with Gasteiger partial charge < -0.3 is 5.11 Å². The lowest BCUT2D eigenvalue weighted by Crippen LogP contribution is -2.37. The molecule has 1 saturated carbocycles. The molecule has 3 N–H and O–H groups in total. The Labute approximate surface area is 115 Å². The van der Waals surface area contributed by atoms with Gasteiger partial charge in [-0.15, -0.1) is 11.3 Å². The second-order valence-corrected chi connectivity index (χ2v) is 6.72. The molecular weight excluding hydrogens is 288 g/mol. The van der Waals surface area contributed by atoms with Gasteiger partial charge in [0.05, 0.1) is 0 Å². The number of nitrogens with one attached hydrogen (secondary N) is 2. The molecule has 0 atom stereocenters. The lowest BCUT2D eigenvalue weighted by Gasteiger charge is -2.06. The van der Waals surface area contributed by atoms with Crippen molar-refractivity contribution in [2.45, 2.75) is 25.4 Å². The highest BCUT2D eigenvalue weighted by Crippen LogP contribution is 2.20. The van der Waals surface area contributed by atoms with Crippen molar-refractivity contribution in [2.24, 2.45) is 0 Å². The van der Waals surface area contributed by atoms with Crippen molar-refractivity contribution in [3.8, 4) is 0 Å². The van der Waals surface area contributed by atoms with Gasteiger partial charge in [0.25, 0.3) is 10.2 Å². The zero-order valence-corrected chi connectivity index (χ0v) is 11.6. The van der Waals surface area contributed by atoms with Gasteiger partial charge in [-0.1, -0.05) is 0 Å². The van der Waals surface area contributed by atoms with E-state index in [1.807, 2.05) is 0 Å². The molecule has 19 heavy (non-hydrogen) atoms. The van der Waals surface area contributed by atoms with E-state index in [2.05, 4.69) is 9.44 Å². The minimum Gasteiger partial charge on any atom is -0.478 e. The maximum atomic E-state index is 11.6. The molecule has 1 aromatic heterocycles. The fourth-order valence-corrected chi connectivity index (χ4v) is 3.42. The third-order valence-electron chi connectivity index (χ3n) is 2.51. The molecule has 104 valence electrons. The molecule has 0 radical (unpaired) electrons. The molecule has 1 fully saturated rings. The van der Waals surface area contributed by atoms with Gasteiger partial charge in [-0.05, 0) is 35.9 Å². The van der Waals surface area contributed by atoms with E-state index in [0.717, 1.165) is 23.8 Å². The normalized spacial score (nSPS) is 16.0. The Morgan fingerprint density at radius 3 is 2.89 bits per heavy atom. The topological polar surface area (TPSA) is 95.5 Å². The Hall–Kier alpha value is -1.22. The van der Waals surface area contributed by atoms with Gasteiger partial charge >= 0.3 is 5.97 Å². The van der Waals surface area contributed by atoms with E-state index in [-0.39, 0.29) is 12.6 Å². The second kappa shape index (κ2) is 5.83. The van der Waals surface area contributed by atoms with Crippen LogP contribution in [0, 0.1) is 0 Å². The van der Waals surface area contributed by atoms with E-state index in [1.54, 1.807) is 11.4 Å². The fraction of sp³-hybridized carbons (Fsp3) is 0.364. The van der Waals surface area contributed by atoms with Crippen molar-refractivity contribution < 1.29 is 18.3 Å². The summed E-state index contributed by atoms with van der Waals surface area (Å²) in [7, 11) is -3.48. The van der Waals surface area contributed by atoms with Crippen molar-refractivity contribution in [1.82, 2.24) is 9.44 Å². The molecule has 0 bridgehead atoms. The standard InChI is InChI=1S/C11H14N2O4S2/c14-11(15)4-1-8-5-6-18-10(8)7-12-19(16,17)13-9-2-3-9/h1,4-6,9,12-13H,2-3,7H2,(H,14,15)/b4-1+. The first kappa shape index (κ1) is 14.2. The number of rotatable bonds is 7. The van der Waals surface area contributed by atoms with Crippen molar-refractivity contribution in [2.75, 3.05) is 0 Å². The van der Waals surface area contributed by atoms with Gasteiger partial charge in [-0.2, -0.15) is 17.9 Å². The smallest absolute Gasteiger partial charge is 0.328 e. The number of carboxylic acids is 1. The molecule has 6 nitrogen and oxygen atoms in total. The first-order valence-electron chi connectivity index (χ1n) is 5.70. The van der Waals surface area contributed by atoms with Crippen LogP contribution in [0.3, 0.4) is 0 Å². The minimum absolute atomic E-state index is 0.0622. The van der Waals surface area contributed by atoms with Gasteiger partial charge in [0.2, 0.25) is 0 Å². The van der Waals surface area contributed by atoms with Crippen molar-refractivity contribution in [3.05, 3.63) is 28.0 Å². The number of carboxylic acid groups (broad SMARTS) is 1. The summed E-state index contributed by atoms with van der Waals surface area (Å²) in [6.07, 6.45) is 4.25. The first-order chi connectivity index (χ1) is 8.96. The number of hydrogen-bond acceptors (Lipinski definition) is 4. The van der Waals surface area contributed by atoms with E-state index in [4.69, 9.17) is 5.11 Å². The predicted molar refractivity (Wildman–Crippen MR) is 72.9 cm³/mol. The molecule has 0 amide bonds. The van der Waals surface area contributed by atoms with Gasteiger partial charge in [0.1, 0.15) is 0 Å². The maximum absolute atomic E-state index is 11.6. The molecule has 0 unspecified atom stereocenters. The third kappa shape index (κ3) is 4.75. The highest BCUT2D eigenvalue weighted by atomic mass is 32.2. The molecule has 0 aromatic carbocycles. The quantitative estimate of drug-likeness (QED) is 0.653. The van der Waals surface area contributed by atoms with Gasteiger partial charge in [0.15, 0.2) is 0 Å². The number of thiophene rings is 1. The summed E-state index contributed by atoms with van der Waals surface area (Å²) in [4.78, 5) is 11.2. The Morgan fingerprint density at radius 2 is 2.26 bits per heavy atom. The zero-order valence-electron chi connectivity index (χ0n) is 10.00. The van der Waals surface area contributed by atoms with Crippen LogP contribution < -0.4 is 9.44 Å². The molecule has 0 saturated heterocycles. The lowest BCUT2D eigenvalue weighted by molar-refractivity contribution is -0.131. The summed E-state index contributed by atoms with van der Waals surface area (Å²) in [5, 5.41) is 10.4. The average molecular weight is 302 g/mol. The summed E-state index contributed by atoms with van der Waals surface area (Å²) in [5.74, 6) is -1.03. The van der Waals surface area contributed by atoms with Gasteiger partial charge in [-0.3, -0.25) is 0 Å². The molecule has 2 rings (SSSR count). The van der Waals surface area contributed by atoms with Gasteiger partial charge in [-0.25, -0.2) is 4.79 Å². The second-order valence-electron chi connectivity index (χ2n) is 4.19. The Morgan fingerprint density at radius 1 is 1.53 bits per heavy atom. The molecule has 1 aliphatic carbocycles. The lowest BCUT2D eigenvalue weighted by atomic mass is 10.2. The average Bonchev–Trinajstić information content (AvgIpc) is 3.00. The number of aliphatic carboxylic acids is 1. The van der Waals surface area contributed by atoms with Crippen LogP contribution in [-0.4, -0.2) is 25.5 Å². The first-order valence-corrected chi connectivity index (χ1v) is 8.07. The van der Waals surface area contributed by atoms with Crippen LogP contribution in [0.2, 0.25) is 0 Å². The molecule has 1 heterocycles. The molecule has 0 aliphatic heterocycles. The van der Waals surface area contributed by atoms with Crippen LogP contribution in [0.5, 0.6) is 0 Å². The van der Waals surface area contributed by atoms with Crippen molar-refractivity contribution in [3.63, 3.8) is 0 Å². The highest BCUT2D eigenvalue weighted by Gasteiger charge is 2.26. The molecule has 1 aromatic rings. The van der Waals surface area contributed by atoms with Crippen LogP contribution in [-0.2, 0) is 21.5 Å². The highest BCUT2D eigenvalue weighted by molar-refractivity contribution is 7.87. The van der Waals surface area contributed by atoms with Crippen LogP contribution in [0.4, 0.5) is 0 Å². The SMILES string of the molecule is O=C(O)/C=C/c1ccsc1CNS(=O)(=O)NC1CC1. The Balaban J connectivity index is 1.95. The monoisotopic (exact) mass is 302 g/mol. The van der Waals surface area contributed by atoms with E-state index >= 15 is 0 Å². The predicted octanol–water partition coefficient (Wildman–Crippen LogP) is 0.932. The largest absolute Gasteiger partial charge is 0.478 e. The summed E-state index contributed by atoms with van der Waals surface area (Å²) < 4.78 is 28.2.